The second-order valence-corrected chi connectivity index (χ2v) is 3.52. The summed E-state index contributed by atoms with van der Waals surface area (Å²) in [4.78, 5) is 2.36. The monoisotopic (exact) mass is 152 g/mol. The number of hydrogen-bond acceptors (Lipinski definition) is 2. The molecule has 1 aliphatic heterocycles. The van der Waals surface area contributed by atoms with Crippen molar-refractivity contribution in [3.8, 4) is 6.07 Å². The quantitative estimate of drug-likeness (QED) is 0.612. The molecule has 1 saturated heterocycles. The fourth-order valence-corrected chi connectivity index (χ4v) is 1.51. The van der Waals surface area contributed by atoms with Gasteiger partial charge in [-0.1, -0.05) is 13.3 Å². The van der Waals surface area contributed by atoms with Gasteiger partial charge in [0.15, 0.2) is 0 Å². The smallest absolute Gasteiger partial charge is 0.0666 e. The number of hydrogen-bond donors (Lipinski definition) is 0. The molecule has 0 amide bonds. The number of nitriles is 1. The third kappa shape index (κ3) is 2.20. The molecule has 1 unspecified atom stereocenters. The van der Waals surface area contributed by atoms with Gasteiger partial charge in [-0.3, -0.25) is 0 Å². The fraction of sp³-hybridized carbons (Fsp3) is 0.889. The van der Waals surface area contributed by atoms with Crippen LogP contribution in [0.1, 0.15) is 20.3 Å². The summed E-state index contributed by atoms with van der Waals surface area (Å²) in [6.07, 6.45) is 1.29. The van der Waals surface area contributed by atoms with Crippen molar-refractivity contribution < 1.29 is 0 Å². The largest absolute Gasteiger partial charge is 0.301 e. The van der Waals surface area contributed by atoms with E-state index in [4.69, 9.17) is 5.26 Å². The van der Waals surface area contributed by atoms with Crippen molar-refractivity contribution in [2.45, 2.75) is 20.3 Å². The SMILES string of the molecule is CCC1CN(CC(C)C#N)C1. The van der Waals surface area contributed by atoms with Crippen molar-refractivity contribution in [3.05, 3.63) is 0 Å². The van der Waals surface area contributed by atoms with E-state index in [2.05, 4.69) is 17.9 Å². The maximum Gasteiger partial charge on any atom is 0.0666 e. The Bertz CT molecular complexity index is 153. The van der Waals surface area contributed by atoms with Crippen LogP contribution < -0.4 is 0 Å². The Labute approximate surface area is 68.8 Å². The average molecular weight is 152 g/mol. The van der Waals surface area contributed by atoms with Crippen LogP contribution in [0.15, 0.2) is 0 Å². The molecule has 0 aliphatic carbocycles. The molecule has 11 heavy (non-hydrogen) atoms. The third-order valence-corrected chi connectivity index (χ3v) is 2.36. The van der Waals surface area contributed by atoms with Crippen molar-refractivity contribution in [1.82, 2.24) is 4.90 Å². The Kier molecular flexibility index (Phi) is 2.90. The molecule has 2 nitrogen and oxygen atoms in total. The van der Waals surface area contributed by atoms with Crippen LogP contribution in [0.3, 0.4) is 0 Å². The molecule has 0 N–H and O–H groups in total. The van der Waals surface area contributed by atoms with Crippen LogP contribution >= 0.6 is 0 Å². The molecule has 0 aromatic heterocycles. The van der Waals surface area contributed by atoms with E-state index in [0.29, 0.717) is 0 Å². The van der Waals surface area contributed by atoms with Crippen LogP contribution in [0.5, 0.6) is 0 Å². The Morgan fingerprint density at radius 1 is 1.64 bits per heavy atom. The first kappa shape index (κ1) is 8.55. The summed E-state index contributed by atoms with van der Waals surface area (Å²) in [6.45, 7) is 7.60. The first-order valence-corrected chi connectivity index (χ1v) is 4.38. The predicted molar refractivity (Wildman–Crippen MR) is 45.0 cm³/mol. The maximum atomic E-state index is 8.55. The molecular weight excluding hydrogens is 136 g/mol. The van der Waals surface area contributed by atoms with E-state index in [0.717, 1.165) is 12.5 Å². The summed E-state index contributed by atoms with van der Waals surface area (Å²) in [6, 6.07) is 2.26. The Morgan fingerprint density at radius 2 is 2.27 bits per heavy atom. The van der Waals surface area contributed by atoms with Gasteiger partial charge in [0, 0.05) is 19.6 Å². The van der Waals surface area contributed by atoms with Crippen LogP contribution in [-0.2, 0) is 0 Å². The van der Waals surface area contributed by atoms with E-state index >= 15 is 0 Å². The standard InChI is InChI=1S/C9H16N2/c1-3-9-6-11(7-9)5-8(2)4-10/h8-9H,3,5-7H2,1-2H3. The lowest BCUT2D eigenvalue weighted by atomic mass is 9.96. The van der Waals surface area contributed by atoms with E-state index in [1.807, 2.05) is 6.92 Å². The highest BCUT2D eigenvalue weighted by molar-refractivity contribution is 4.86. The molecule has 0 aromatic carbocycles. The lowest BCUT2D eigenvalue weighted by molar-refractivity contribution is 0.0895. The van der Waals surface area contributed by atoms with Crippen LogP contribution in [0.2, 0.25) is 0 Å². The molecule has 1 heterocycles. The van der Waals surface area contributed by atoms with Crippen molar-refractivity contribution in [2.75, 3.05) is 19.6 Å². The van der Waals surface area contributed by atoms with Crippen molar-refractivity contribution in [2.24, 2.45) is 11.8 Å². The summed E-state index contributed by atoms with van der Waals surface area (Å²) in [5, 5.41) is 8.55. The number of rotatable bonds is 3. The van der Waals surface area contributed by atoms with Crippen molar-refractivity contribution in [3.63, 3.8) is 0 Å². The first-order chi connectivity index (χ1) is 5.26. The van der Waals surface area contributed by atoms with Gasteiger partial charge in [-0.15, -0.1) is 0 Å². The van der Waals surface area contributed by atoms with Gasteiger partial charge in [-0.2, -0.15) is 5.26 Å². The van der Waals surface area contributed by atoms with E-state index in [-0.39, 0.29) is 5.92 Å². The zero-order valence-corrected chi connectivity index (χ0v) is 7.38. The lowest BCUT2D eigenvalue weighted by Crippen LogP contribution is -2.47. The van der Waals surface area contributed by atoms with E-state index in [1.165, 1.54) is 19.5 Å². The van der Waals surface area contributed by atoms with E-state index in [9.17, 15) is 0 Å². The van der Waals surface area contributed by atoms with Crippen LogP contribution in [0.4, 0.5) is 0 Å². The molecule has 1 aliphatic rings. The molecule has 0 spiro atoms. The van der Waals surface area contributed by atoms with Gasteiger partial charge in [0.25, 0.3) is 0 Å². The highest BCUT2D eigenvalue weighted by Gasteiger charge is 2.25. The molecule has 1 atom stereocenters. The molecule has 0 radical (unpaired) electrons. The Morgan fingerprint density at radius 3 is 2.73 bits per heavy atom. The first-order valence-electron chi connectivity index (χ1n) is 4.38. The van der Waals surface area contributed by atoms with Gasteiger partial charge in [0.05, 0.1) is 12.0 Å². The minimum atomic E-state index is 0.202. The predicted octanol–water partition coefficient (Wildman–Crippen LogP) is 1.49. The van der Waals surface area contributed by atoms with Gasteiger partial charge >= 0.3 is 0 Å². The molecule has 1 fully saturated rings. The highest BCUT2D eigenvalue weighted by Crippen LogP contribution is 2.19. The second-order valence-electron chi connectivity index (χ2n) is 3.52. The van der Waals surface area contributed by atoms with Gasteiger partial charge < -0.3 is 4.90 Å². The summed E-state index contributed by atoms with van der Waals surface area (Å²) >= 11 is 0. The van der Waals surface area contributed by atoms with Gasteiger partial charge in [0.2, 0.25) is 0 Å². The number of nitrogens with zero attached hydrogens (tertiary/aromatic N) is 2. The zero-order chi connectivity index (χ0) is 8.27. The average Bonchev–Trinajstić information content (AvgIpc) is 1.95. The molecule has 0 saturated carbocycles. The molecule has 2 heteroatoms. The van der Waals surface area contributed by atoms with E-state index < -0.39 is 0 Å². The normalized spacial score (nSPS) is 22.3. The van der Waals surface area contributed by atoms with E-state index in [1.54, 1.807) is 0 Å². The summed E-state index contributed by atoms with van der Waals surface area (Å²) in [5.74, 6) is 1.11. The van der Waals surface area contributed by atoms with Crippen LogP contribution in [0, 0.1) is 23.2 Å². The molecule has 62 valence electrons. The fourth-order valence-electron chi connectivity index (χ4n) is 1.51. The molecular formula is C9H16N2. The topological polar surface area (TPSA) is 27.0 Å². The van der Waals surface area contributed by atoms with Crippen LogP contribution in [-0.4, -0.2) is 24.5 Å². The maximum absolute atomic E-state index is 8.55. The molecule has 1 rings (SSSR count). The summed E-state index contributed by atoms with van der Waals surface area (Å²) in [5.41, 5.74) is 0. The summed E-state index contributed by atoms with van der Waals surface area (Å²) < 4.78 is 0. The van der Waals surface area contributed by atoms with Crippen molar-refractivity contribution >= 4 is 0 Å². The third-order valence-electron chi connectivity index (χ3n) is 2.36. The molecule has 0 aromatic rings. The molecule has 0 bridgehead atoms. The number of likely N-dealkylation sites (tertiary alicyclic amines) is 1. The minimum Gasteiger partial charge on any atom is -0.301 e. The van der Waals surface area contributed by atoms with Crippen molar-refractivity contribution in [1.29, 1.82) is 5.26 Å². The zero-order valence-electron chi connectivity index (χ0n) is 7.38. The lowest BCUT2D eigenvalue weighted by Gasteiger charge is -2.39. The van der Waals surface area contributed by atoms with Gasteiger partial charge in [0.1, 0.15) is 0 Å². The Hall–Kier alpha value is -0.550. The summed E-state index contributed by atoms with van der Waals surface area (Å²) in [7, 11) is 0. The Balaban J connectivity index is 2.10. The van der Waals surface area contributed by atoms with Gasteiger partial charge in [-0.25, -0.2) is 0 Å². The highest BCUT2D eigenvalue weighted by atomic mass is 15.2. The van der Waals surface area contributed by atoms with Crippen LogP contribution in [0.25, 0.3) is 0 Å². The van der Waals surface area contributed by atoms with Gasteiger partial charge in [-0.05, 0) is 12.8 Å². The minimum absolute atomic E-state index is 0.202. The second kappa shape index (κ2) is 3.73.